The van der Waals surface area contributed by atoms with Crippen molar-refractivity contribution in [3.05, 3.63) is 23.2 Å². The molecular weight excluding hydrogens is 262 g/mol. The van der Waals surface area contributed by atoms with E-state index in [4.69, 9.17) is 16.3 Å². The molecule has 0 fully saturated rings. The fourth-order valence-electron chi connectivity index (χ4n) is 1.34. The third-order valence-electron chi connectivity index (χ3n) is 1.98. The van der Waals surface area contributed by atoms with Gasteiger partial charge in [0.25, 0.3) is 0 Å². The van der Waals surface area contributed by atoms with Crippen molar-refractivity contribution in [2.75, 3.05) is 17.1 Å². The minimum absolute atomic E-state index is 0.0951. The SMILES string of the molecule is CCCS(=O)(=O)Nc1ccc(OCC)c(Cl)c1. The van der Waals surface area contributed by atoms with Gasteiger partial charge in [-0.15, -0.1) is 0 Å². The first-order valence-corrected chi connectivity index (χ1v) is 7.44. The summed E-state index contributed by atoms with van der Waals surface area (Å²) >= 11 is 5.95. The van der Waals surface area contributed by atoms with Gasteiger partial charge in [0.05, 0.1) is 23.1 Å². The van der Waals surface area contributed by atoms with E-state index in [-0.39, 0.29) is 5.75 Å². The van der Waals surface area contributed by atoms with Crippen LogP contribution < -0.4 is 9.46 Å². The van der Waals surface area contributed by atoms with Gasteiger partial charge in [-0.25, -0.2) is 8.42 Å². The maximum Gasteiger partial charge on any atom is 0.232 e. The van der Waals surface area contributed by atoms with E-state index in [0.717, 1.165) is 0 Å². The van der Waals surface area contributed by atoms with Crippen LogP contribution in [0.4, 0.5) is 5.69 Å². The number of halogens is 1. The van der Waals surface area contributed by atoms with Gasteiger partial charge in [-0.2, -0.15) is 0 Å². The van der Waals surface area contributed by atoms with E-state index in [0.29, 0.717) is 29.5 Å². The minimum Gasteiger partial charge on any atom is -0.492 e. The van der Waals surface area contributed by atoms with Crippen molar-refractivity contribution in [2.24, 2.45) is 0 Å². The molecule has 0 heterocycles. The molecule has 1 rings (SSSR count). The Labute approximate surface area is 107 Å². The Morgan fingerprint density at radius 1 is 1.35 bits per heavy atom. The van der Waals surface area contributed by atoms with Crippen molar-refractivity contribution in [3.8, 4) is 5.75 Å². The van der Waals surface area contributed by atoms with Gasteiger partial charge in [-0.1, -0.05) is 18.5 Å². The molecule has 6 heteroatoms. The summed E-state index contributed by atoms with van der Waals surface area (Å²) in [5.74, 6) is 0.644. The number of ether oxygens (including phenoxy) is 1. The van der Waals surface area contributed by atoms with Gasteiger partial charge in [0, 0.05) is 0 Å². The van der Waals surface area contributed by atoms with Crippen LogP contribution in [0.2, 0.25) is 5.02 Å². The molecule has 17 heavy (non-hydrogen) atoms. The van der Waals surface area contributed by atoms with Crippen molar-refractivity contribution in [1.29, 1.82) is 0 Å². The van der Waals surface area contributed by atoms with Crippen LogP contribution >= 0.6 is 11.6 Å². The maximum atomic E-state index is 11.5. The highest BCUT2D eigenvalue weighted by atomic mass is 35.5. The number of nitrogens with one attached hydrogen (secondary N) is 1. The van der Waals surface area contributed by atoms with Crippen molar-refractivity contribution in [3.63, 3.8) is 0 Å². The minimum atomic E-state index is -3.28. The van der Waals surface area contributed by atoms with Crippen LogP contribution in [0.1, 0.15) is 20.3 Å². The molecule has 0 aromatic heterocycles. The van der Waals surface area contributed by atoms with E-state index in [2.05, 4.69) is 4.72 Å². The summed E-state index contributed by atoms with van der Waals surface area (Å²) in [5, 5.41) is 0.392. The van der Waals surface area contributed by atoms with Crippen molar-refractivity contribution >= 4 is 27.3 Å². The lowest BCUT2D eigenvalue weighted by Gasteiger charge is -2.10. The largest absolute Gasteiger partial charge is 0.492 e. The molecule has 1 aromatic carbocycles. The molecule has 4 nitrogen and oxygen atoms in total. The second-order valence-corrected chi connectivity index (χ2v) is 5.75. The lowest BCUT2D eigenvalue weighted by atomic mass is 10.3. The topological polar surface area (TPSA) is 55.4 Å². The first kappa shape index (κ1) is 14.1. The fraction of sp³-hybridized carbons (Fsp3) is 0.455. The predicted molar refractivity (Wildman–Crippen MR) is 70.3 cm³/mol. The first-order valence-electron chi connectivity index (χ1n) is 5.41. The molecule has 0 spiro atoms. The standard InChI is InChI=1S/C11H16ClNO3S/c1-3-7-17(14,15)13-9-5-6-11(16-4-2)10(12)8-9/h5-6,8,13H,3-4,7H2,1-2H3. The highest BCUT2D eigenvalue weighted by Gasteiger charge is 2.10. The van der Waals surface area contributed by atoms with Crippen LogP contribution in [-0.2, 0) is 10.0 Å². The van der Waals surface area contributed by atoms with E-state index in [1.165, 1.54) is 0 Å². The Morgan fingerprint density at radius 3 is 2.59 bits per heavy atom. The van der Waals surface area contributed by atoms with E-state index in [9.17, 15) is 8.42 Å². The average molecular weight is 278 g/mol. The van der Waals surface area contributed by atoms with Gasteiger partial charge in [0.1, 0.15) is 5.75 Å². The molecule has 1 N–H and O–H groups in total. The number of hydrogen-bond donors (Lipinski definition) is 1. The quantitative estimate of drug-likeness (QED) is 0.870. The van der Waals surface area contributed by atoms with E-state index in [1.807, 2.05) is 13.8 Å². The Hall–Kier alpha value is -0.940. The molecule has 0 radical (unpaired) electrons. The zero-order valence-corrected chi connectivity index (χ0v) is 11.4. The van der Waals surface area contributed by atoms with Crippen LogP contribution in [0.3, 0.4) is 0 Å². The number of benzene rings is 1. The van der Waals surface area contributed by atoms with Gasteiger partial charge in [-0.05, 0) is 31.5 Å². The molecule has 0 amide bonds. The van der Waals surface area contributed by atoms with Crippen LogP contribution in [0.5, 0.6) is 5.75 Å². The van der Waals surface area contributed by atoms with Gasteiger partial charge in [0.15, 0.2) is 0 Å². The summed E-state index contributed by atoms with van der Waals surface area (Å²) < 4.78 is 30.8. The normalized spacial score (nSPS) is 11.2. The third-order valence-corrected chi connectivity index (χ3v) is 3.77. The number of rotatable bonds is 6. The molecule has 0 unspecified atom stereocenters. The van der Waals surface area contributed by atoms with Gasteiger partial charge >= 0.3 is 0 Å². The molecule has 1 aromatic rings. The van der Waals surface area contributed by atoms with Crippen LogP contribution in [0.15, 0.2) is 18.2 Å². The monoisotopic (exact) mass is 277 g/mol. The molecule has 0 aliphatic rings. The number of anilines is 1. The average Bonchev–Trinajstić information content (AvgIpc) is 2.21. The lowest BCUT2D eigenvalue weighted by Crippen LogP contribution is -2.16. The van der Waals surface area contributed by atoms with E-state index < -0.39 is 10.0 Å². The highest BCUT2D eigenvalue weighted by molar-refractivity contribution is 7.92. The molecule has 0 aliphatic heterocycles. The van der Waals surface area contributed by atoms with Gasteiger partial charge < -0.3 is 4.74 Å². The third kappa shape index (κ3) is 4.44. The molecule has 0 aliphatic carbocycles. The first-order chi connectivity index (χ1) is 7.98. The summed E-state index contributed by atoms with van der Waals surface area (Å²) in [4.78, 5) is 0. The van der Waals surface area contributed by atoms with Crippen molar-refractivity contribution in [1.82, 2.24) is 0 Å². The van der Waals surface area contributed by atoms with Gasteiger partial charge in [-0.3, -0.25) is 4.72 Å². The highest BCUT2D eigenvalue weighted by Crippen LogP contribution is 2.28. The number of sulfonamides is 1. The molecular formula is C11H16ClNO3S. The molecule has 96 valence electrons. The summed E-state index contributed by atoms with van der Waals surface area (Å²) in [6, 6.07) is 4.82. The van der Waals surface area contributed by atoms with Crippen LogP contribution in [0.25, 0.3) is 0 Å². The fourth-order valence-corrected chi connectivity index (χ4v) is 2.70. The lowest BCUT2D eigenvalue weighted by molar-refractivity contribution is 0.340. The van der Waals surface area contributed by atoms with Crippen molar-refractivity contribution in [2.45, 2.75) is 20.3 Å². The number of hydrogen-bond acceptors (Lipinski definition) is 3. The van der Waals surface area contributed by atoms with Crippen LogP contribution in [-0.4, -0.2) is 20.8 Å². The summed E-state index contributed by atoms with van der Waals surface area (Å²) in [6.45, 7) is 4.18. The zero-order chi connectivity index (χ0) is 12.9. The summed E-state index contributed by atoms with van der Waals surface area (Å²) in [7, 11) is -3.28. The van der Waals surface area contributed by atoms with Crippen LogP contribution in [0, 0.1) is 0 Å². The predicted octanol–water partition coefficient (Wildman–Crippen LogP) is 2.89. The van der Waals surface area contributed by atoms with E-state index in [1.54, 1.807) is 18.2 Å². The second kappa shape index (κ2) is 6.12. The Bertz CT molecular complexity index is 474. The van der Waals surface area contributed by atoms with Crippen molar-refractivity contribution < 1.29 is 13.2 Å². The van der Waals surface area contributed by atoms with Gasteiger partial charge in [0.2, 0.25) is 10.0 Å². The Kier molecular flexibility index (Phi) is 5.08. The molecule has 0 bridgehead atoms. The second-order valence-electron chi connectivity index (χ2n) is 3.50. The molecule has 0 saturated heterocycles. The molecule has 0 saturated carbocycles. The summed E-state index contributed by atoms with van der Waals surface area (Å²) in [5.41, 5.74) is 0.451. The Morgan fingerprint density at radius 2 is 2.06 bits per heavy atom. The van der Waals surface area contributed by atoms with E-state index >= 15 is 0 Å². The maximum absolute atomic E-state index is 11.5. The molecule has 0 atom stereocenters. The smallest absolute Gasteiger partial charge is 0.232 e. The summed E-state index contributed by atoms with van der Waals surface area (Å²) in [6.07, 6.45) is 0.570. The zero-order valence-electron chi connectivity index (χ0n) is 9.86. The Balaban J connectivity index is 2.84.